The number of amides is 1. The molecule has 0 spiro atoms. The van der Waals surface area contributed by atoms with Gasteiger partial charge in [0.1, 0.15) is 18.1 Å². The highest BCUT2D eigenvalue weighted by atomic mass is 16.5. The number of nitrogens with zero attached hydrogens (tertiary/aromatic N) is 2. The lowest BCUT2D eigenvalue weighted by atomic mass is 10.1. The Morgan fingerprint density at radius 1 is 1.10 bits per heavy atom. The molecule has 3 aromatic rings. The van der Waals surface area contributed by atoms with E-state index in [2.05, 4.69) is 27.1 Å². The number of aryl methyl sites for hydroxylation is 1. The number of aromatic nitrogens is 3. The summed E-state index contributed by atoms with van der Waals surface area (Å²) in [5.41, 5.74) is 1.73. The predicted molar refractivity (Wildman–Crippen MR) is 115 cm³/mol. The molecule has 2 aromatic carbocycles. The summed E-state index contributed by atoms with van der Waals surface area (Å²) in [6, 6.07) is 17.1. The van der Waals surface area contributed by atoms with Gasteiger partial charge in [-0.3, -0.25) is 9.59 Å². The minimum absolute atomic E-state index is 0.122. The summed E-state index contributed by atoms with van der Waals surface area (Å²) in [4.78, 5) is 27.1. The molecule has 0 fully saturated rings. The van der Waals surface area contributed by atoms with Crippen molar-refractivity contribution in [2.75, 3.05) is 13.2 Å². The summed E-state index contributed by atoms with van der Waals surface area (Å²) in [5.74, 6) is 0.870. The zero-order valence-electron chi connectivity index (χ0n) is 16.6. The highest BCUT2D eigenvalue weighted by molar-refractivity contribution is 5.76. The molecule has 2 N–H and O–H groups in total. The number of carbonyl (C=O) groups is 1. The van der Waals surface area contributed by atoms with Crippen molar-refractivity contribution >= 4 is 5.91 Å². The number of hydrogen-bond acceptors (Lipinski definition) is 5. The Morgan fingerprint density at radius 2 is 1.93 bits per heavy atom. The molecule has 1 amide bonds. The van der Waals surface area contributed by atoms with Gasteiger partial charge in [0.25, 0.3) is 5.56 Å². The van der Waals surface area contributed by atoms with E-state index in [1.807, 2.05) is 36.4 Å². The maximum atomic E-state index is 12.3. The minimum Gasteiger partial charge on any atom is -0.490 e. The van der Waals surface area contributed by atoms with Crippen LogP contribution in [0.2, 0.25) is 0 Å². The van der Waals surface area contributed by atoms with E-state index in [1.165, 1.54) is 0 Å². The summed E-state index contributed by atoms with van der Waals surface area (Å²) in [6.45, 7) is 4.55. The van der Waals surface area contributed by atoms with E-state index in [4.69, 9.17) is 4.74 Å². The van der Waals surface area contributed by atoms with Crippen molar-refractivity contribution in [3.8, 4) is 17.1 Å². The standard InChI is InChI=1S/C23H24N4O3/c1-2-15-30-19-10-6-9-18(16-19)22-25-23(29)20(26-27-22)11-12-21(28)24-14-13-17-7-4-3-5-8-17/h2-10,16H,1,11-15H2,(H,24,28)(H,25,27,29). The van der Waals surface area contributed by atoms with E-state index in [-0.39, 0.29) is 30.0 Å². The molecule has 0 bridgehead atoms. The summed E-state index contributed by atoms with van der Waals surface area (Å²) >= 11 is 0. The van der Waals surface area contributed by atoms with Crippen molar-refractivity contribution < 1.29 is 9.53 Å². The van der Waals surface area contributed by atoms with E-state index < -0.39 is 0 Å². The highest BCUT2D eigenvalue weighted by Gasteiger charge is 2.10. The van der Waals surface area contributed by atoms with E-state index in [0.717, 1.165) is 12.0 Å². The monoisotopic (exact) mass is 404 g/mol. The number of nitrogens with one attached hydrogen (secondary N) is 2. The zero-order valence-corrected chi connectivity index (χ0v) is 16.6. The van der Waals surface area contributed by atoms with Crippen molar-refractivity contribution in [3.05, 3.63) is 88.9 Å². The quantitative estimate of drug-likeness (QED) is 0.507. The van der Waals surface area contributed by atoms with Gasteiger partial charge in [0.05, 0.1) is 0 Å². The molecule has 1 heterocycles. The van der Waals surface area contributed by atoms with Crippen molar-refractivity contribution in [1.29, 1.82) is 0 Å². The van der Waals surface area contributed by atoms with Crippen LogP contribution in [0.15, 0.2) is 72.0 Å². The molecular formula is C23H24N4O3. The lowest BCUT2D eigenvalue weighted by molar-refractivity contribution is -0.121. The van der Waals surface area contributed by atoms with E-state index in [0.29, 0.717) is 30.3 Å². The first-order valence-electron chi connectivity index (χ1n) is 9.76. The Kier molecular flexibility index (Phi) is 7.49. The summed E-state index contributed by atoms with van der Waals surface area (Å²) < 4.78 is 5.49. The number of ether oxygens (including phenoxy) is 1. The number of benzene rings is 2. The van der Waals surface area contributed by atoms with Gasteiger partial charge in [0, 0.05) is 24.9 Å². The van der Waals surface area contributed by atoms with Crippen LogP contribution >= 0.6 is 0 Å². The molecule has 154 valence electrons. The average molecular weight is 404 g/mol. The van der Waals surface area contributed by atoms with Crippen molar-refractivity contribution in [1.82, 2.24) is 20.5 Å². The first kappa shape index (κ1) is 21.0. The fraction of sp³-hybridized carbons (Fsp3) is 0.217. The maximum absolute atomic E-state index is 12.3. The van der Waals surface area contributed by atoms with Crippen LogP contribution in [-0.2, 0) is 17.6 Å². The smallest absolute Gasteiger partial charge is 0.273 e. The molecule has 7 heteroatoms. The summed E-state index contributed by atoms with van der Waals surface area (Å²) in [6.07, 6.45) is 2.82. The zero-order chi connectivity index (χ0) is 21.2. The maximum Gasteiger partial charge on any atom is 0.273 e. The van der Waals surface area contributed by atoms with Gasteiger partial charge in [0.2, 0.25) is 5.91 Å². The van der Waals surface area contributed by atoms with Gasteiger partial charge in [-0.15, -0.1) is 10.2 Å². The SMILES string of the molecule is C=CCOc1cccc(-c2nnc(CCC(=O)NCCc3ccccc3)c(=O)[nH]2)c1. The lowest BCUT2D eigenvalue weighted by Gasteiger charge is -2.07. The van der Waals surface area contributed by atoms with Gasteiger partial charge in [-0.25, -0.2) is 0 Å². The van der Waals surface area contributed by atoms with Gasteiger partial charge in [-0.2, -0.15) is 0 Å². The van der Waals surface area contributed by atoms with Gasteiger partial charge in [-0.05, 0) is 24.1 Å². The average Bonchev–Trinajstić information content (AvgIpc) is 2.78. The highest BCUT2D eigenvalue weighted by Crippen LogP contribution is 2.19. The van der Waals surface area contributed by atoms with Crippen molar-refractivity contribution in [2.45, 2.75) is 19.3 Å². The first-order chi connectivity index (χ1) is 14.7. The Morgan fingerprint density at radius 3 is 2.70 bits per heavy atom. The lowest BCUT2D eigenvalue weighted by Crippen LogP contribution is -2.27. The summed E-state index contributed by atoms with van der Waals surface area (Å²) in [5, 5.41) is 11.0. The molecule has 1 aromatic heterocycles. The normalized spacial score (nSPS) is 10.4. The van der Waals surface area contributed by atoms with Crippen molar-refractivity contribution in [3.63, 3.8) is 0 Å². The van der Waals surface area contributed by atoms with E-state index in [1.54, 1.807) is 24.3 Å². The molecule has 3 rings (SSSR count). The van der Waals surface area contributed by atoms with Crippen molar-refractivity contribution in [2.24, 2.45) is 0 Å². The third-order valence-electron chi connectivity index (χ3n) is 4.41. The molecule has 0 aliphatic heterocycles. The van der Waals surface area contributed by atoms with Crippen LogP contribution in [-0.4, -0.2) is 34.2 Å². The number of rotatable bonds is 10. The van der Waals surface area contributed by atoms with Gasteiger partial charge >= 0.3 is 0 Å². The van der Waals surface area contributed by atoms with Gasteiger partial charge in [0.15, 0.2) is 5.82 Å². The molecule has 30 heavy (non-hydrogen) atoms. The molecule has 0 aliphatic rings. The molecule has 0 radical (unpaired) electrons. The third kappa shape index (κ3) is 6.13. The van der Waals surface area contributed by atoms with Gasteiger partial charge in [-0.1, -0.05) is 55.1 Å². The molecule has 0 saturated carbocycles. The number of H-pyrrole nitrogens is 1. The third-order valence-corrected chi connectivity index (χ3v) is 4.41. The summed E-state index contributed by atoms with van der Waals surface area (Å²) in [7, 11) is 0. The van der Waals surface area contributed by atoms with E-state index in [9.17, 15) is 9.59 Å². The molecule has 0 atom stereocenters. The Hall–Kier alpha value is -3.74. The Balaban J connectivity index is 1.53. The second kappa shape index (κ2) is 10.7. The van der Waals surface area contributed by atoms with Crippen LogP contribution in [0.1, 0.15) is 17.7 Å². The molecule has 0 unspecified atom stereocenters. The number of carbonyl (C=O) groups excluding carboxylic acids is 1. The molecule has 7 nitrogen and oxygen atoms in total. The number of aromatic amines is 1. The second-order valence-electron chi connectivity index (χ2n) is 6.66. The van der Waals surface area contributed by atoms with Crippen LogP contribution in [0.25, 0.3) is 11.4 Å². The molecular weight excluding hydrogens is 380 g/mol. The number of hydrogen-bond donors (Lipinski definition) is 2. The van der Waals surface area contributed by atoms with E-state index >= 15 is 0 Å². The predicted octanol–water partition coefficient (Wildman–Crippen LogP) is 2.69. The second-order valence-corrected chi connectivity index (χ2v) is 6.66. The van der Waals surface area contributed by atoms with Crippen LogP contribution in [0.5, 0.6) is 5.75 Å². The minimum atomic E-state index is -0.352. The Labute approximate surface area is 174 Å². The van der Waals surface area contributed by atoms with Crippen LogP contribution in [0.4, 0.5) is 0 Å². The largest absolute Gasteiger partial charge is 0.490 e. The first-order valence-corrected chi connectivity index (χ1v) is 9.76. The molecule has 0 aliphatic carbocycles. The fourth-order valence-electron chi connectivity index (χ4n) is 2.85. The fourth-order valence-corrected chi connectivity index (χ4v) is 2.85. The van der Waals surface area contributed by atoms with Gasteiger partial charge < -0.3 is 15.0 Å². The topological polar surface area (TPSA) is 97.0 Å². The Bertz CT molecular complexity index is 1050. The molecule has 0 saturated heterocycles. The van der Waals surface area contributed by atoms with Crippen LogP contribution in [0, 0.1) is 0 Å². The van der Waals surface area contributed by atoms with Crippen LogP contribution < -0.4 is 15.6 Å². The van der Waals surface area contributed by atoms with Crippen LogP contribution in [0.3, 0.4) is 0 Å².